The van der Waals surface area contributed by atoms with Gasteiger partial charge in [0, 0.05) is 18.0 Å². The first-order chi connectivity index (χ1) is 8.79. The summed E-state index contributed by atoms with van der Waals surface area (Å²) in [5.74, 6) is 2.88. The largest absolute Gasteiger partial charge is 0.369 e. The molecule has 1 aromatic heterocycles. The molecular weight excluding hydrogens is 357 g/mol. The van der Waals surface area contributed by atoms with E-state index in [1.165, 1.54) is 32.1 Å². The van der Waals surface area contributed by atoms with E-state index >= 15 is 0 Å². The average Bonchev–Trinajstić information content (AvgIpc) is 2.41. The van der Waals surface area contributed by atoms with Crippen molar-refractivity contribution in [2.45, 2.75) is 50.0 Å². The maximum Gasteiger partial charge on any atom is 0.143 e. The Hall–Kier alpha value is -0.0400. The number of anilines is 1. The average molecular weight is 377 g/mol. The Labute approximate surface area is 127 Å². The predicted octanol–water partition coefficient (Wildman–Crippen LogP) is 4.08. The van der Waals surface area contributed by atoms with Gasteiger partial charge in [0.2, 0.25) is 0 Å². The molecule has 0 aliphatic heterocycles. The van der Waals surface area contributed by atoms with Gasteiger partial charge in [0.05, 0.1) is 9.32 Å². The highest BCUT2D eigenvalue weighted by Gasteiger charge is 2.14. The fourth-order valence-corrected chi connectivity index (χ4v) is 3.83. The van der Waals surface area contributed by atoms with Crippen molar-refractivity contribution in [3.63, 3.8) is 0 Å². The first kappa shape index (κ1) is 14.4. The summed E-state index contributed by atoms with van der Waals surface area (Å²) in [5.41, 5.74) is 0. The van der Waals surface area contributed by atoms with Gasteiger partial charge in [-0.15, -0.1) is 0 Å². The minimum Gasteiger partial charge on any atom is -0.369 e. The van der Waals surface area contributed by atoms with Crippen LogP contribution >= 0.6 is 34.4 Å². The van der Waals surface area contributed by atoms with Crippen LogP contribution in [0, 0.1) is 3.57 Å². The highest BCUT2D eigenvalue weighted by molar-refractivity contribution is 14.1. The van der Waals surface area contributed by atoms with Crippen LogP contribution in [0.3, 0.4) is 0 Å². The molecule has 0 radical (unpaired) electrons. The highest BCUT2D eigenvalue weighted by Crippen LogP contribution is 2.30. The summed E-state index contributed by atoms with van der Waals surface area (Å²) in [6.45, 7) is 3.00. The Morgan fingerprint density at radius 3 is 2.89 bits per heavy atom. The van der Waals surface area contributed by atoms with Crippen molar-refractivity contribution < 1.29 is 0 Å². The molecule has 100 valence electrons. The lowest BCUT2D eigenvalue weighted by atomic mass is 10.0. The summed E-state index contributed by atoms with van der Waals surface area (Å²) in [6, 6.07) is 0. The summed E-state index contributed by atoms with van der Waals surface area (Å²) in [5, 5.41) is 4.11. The molecular formula is C13H20IN3S. The summed E-state index contributed by atoms with van der Waals surface area (Å²) in [4.78, 5) is 9.02. The molecule has 0 amide bonds. The van der Waals surface area contributed by atoms with Crippen molar-refractivity contribution in [1.82, 2.24) is 9.97 Å². The topological polar surface area (TPSA) is 37.8 Å². The molecule has 0 atom stereocenters. The second-order valence-corrected chi connectivity index (χ2v) is 7.03. The zero-order chi connectivity index (χ0) is 12.8. The van der Waals surface area contributed by atoms with Crippen molar-refractivity contribution >= 4 is 40.2 Å². The quantitative estimate of drug-likeness (QED) is 0.785. The zero-order valence-corrected chi connectivity index (χ0v) is 13.8. The third-order valence-corrected chi connectivity index (χ3v) is 5.30. The molecule has 0 aromatic carbocycles. The lowest BCUT2D eigenvalue weighted by Crippen LogP contribution is -2.10. The highest BCUT2D eigenvalue weighted by atomic mass is 127. The molecule has 2 rings (SSSR count). The van der Waals surface area contributed by atoms with E-state index in [0.29, 0.717) is 0 Å². The van der Waals surface area contributed by atoms with Crippen LogP contribution in [-0.2, 0) is 5.75 Å². The molecule has 1 aromatic rings. The number of halogens is 1. The van der Waals surface area contributed by atoms with Gasteiger partial charge in [-0.3, -0.25) is 0 Å². The van der Waals surface area contributed by atoms with Crippen LogP contribution < -0.4 is 5.32 Å². The Kier molecular flexibility index (Phi) is 6.01. The van der Waals surface area contributed by atoms with E-state index in [9.17, 15) is 0 Å². The van der Waals surface area contributed by atoms with Gasteiger partial charge in [-0.2, -0.15) is 11.8 Å². The minimum atomic E-state index is 0.823. The van der Waals surface area contributed by atoms with E-state index < -0.39 is 0 Å². The van der Waals surface area contributed by atoms with Crippen LogP contribution in [-0.4, -0.2) is 21.8 Å². The Bertz CT molecular complexity index is 380. The van der Waals surface area contributed by atoms with Crippen molar-refractivity contribution in [3.05, 3.63) is 15.6 Å². The number of nitrogens with one attached hydrogen (secondary N) is 1. The van der Waals surface area contributed by atoms with Gasteiger partial charge in [-0.1, -0.05) is 19.3 Å². The van der Waals surface area contributed by atoms with E-state index in [-0.39, 0.29) is 0 Å². The SMILES string of the molecule is CCNc1nc(CSC2CCCCC2)ncc1I. The maximum absolute atomic E-state index is 4.60. The van der Waals surface area contributed by atoms with Gasteiger partial charge in [-0.25, -0.2) is 9.97 Å². The van der Waals surface area contributed by atoms with Gasteiger partial charge in [0.25, 0.3) is 0 Å². The van der Waals surface area contributed by atoms with Crippen LogP contribution in [0.25, 0.3) is 0 Å². The first-order valence-electron chi connectivity index (χ1n) is 6.66. The van der Waals surface area contributed by atoms with Crippen molar-refractivity contribution in [1.29, 1.82) is 0 Å². The third-order valence-electron chi connectivity index (χ3n) is 3.14. The van der Waals surface area contributed by atoms with E-state index in [1.807, 2.05) is 18.0 Å². The standard InChI is InChI=1S/C13H20IN3S/c1-2-15-13-11(14)8-16-12(17-13)9-18-10-6-4-3-5-7-10/h8,10H,2-7,9H2,1H3,(H,15,16,17). The Balaban J connectivity index is 1.90. The van der Waals surface area contributed by atoms with Crippen LogP contribution in [0.1, 0.15) is 44.9 Å². The lowest BCUT2D eigenvalue weighted by molar-refractivity contribution is 0.516. The van der Waals surface area contributed by atoms with E-state index in [1.54, 1.807) is 0 Å². The van der Waals surface area contributed by atoms with Gasteiger partial charge in [0.15, 0.2) is 0 Å². The van der Waals surface area contributed by atoms with Crippen molar-refractivity contribution in [2.75, 3.05) is 11.9 Å². The number of aromatic nitrogens is 2. The summed E-state index contributed by atoms with van der Waals surface area (Å²) in [7, 11) is 0. The summed E-state index contributed by atoms with van der Waals surface area (Å²) in [6.07, 6.45) is 8.87. The monoisotopic (exact) mass is 377 g/mol. The Morgan fingerprint density at radius 1 is 1.39 bits per heavy atom. The number of rotatable bonds is 5. The summed E-state index contributed by atoms with van der Waals surface area (Å²) >= 11 is 4.31. The number of hydrogen-bond donors (Lipinski definition) is 1. The number of hydrogen-bond acceptors (Lipinski definition) is 4. The van der Waals surface area contributed by atoms with Gasteiger partial charge in [0.1, 0.15) is 11.6 Å². The van der Waals surface area contributed by atoms with Crippen molar-refractivity contribution in [2.24, 2.45) is 0 Å². The van der Waals surface area contributed by atoms with Crippen molar-refractivity contribution in [3.8, 4) is 0 Å². The maximum atomic E-state index is 4.60. The summed E-state index contributed by atoms with van der Waals surface area (Å²) < 4.78 is 1.10. The zero-order valence-electron chi connectivity index (χ0n) is 10.8. The second-order valence-electron chi connectivity index (χ2n) is 4.58. The van der Waals surface area contributed by atoms with Crippen LogP contribution in [0.15, 0.2) is 6.20 Å². The molecule has 0 saturated heterocycles. The lowest BCUT2D eigenvalue weighted by Gasteiger charge is -2.20. The van der Waals surface area contributed by atoms with Gasteiger partial charge >= 0.3 is 0 Å². The number of nitrogens with zero attached hydrogens (tertiary/aromatic N) is 2. The molecule has 0 bridgehead atoms. The number of thioether (sulfide) groups is 1. The van der Waals surface area contributed by atoms with E-state index in [0.717, 1.165) is 32.8 Å². The molecule has 1 aliphatic rings. The second kappa shape index (κ2) is 7.53. The molecule has 0 unspecified atom stereocenters. The molecule has 0 spiro atoms. The first-order valence-corrected chi connectivity index (χ1v) is 8.79. The normalized spacial score (nSPS) is 16.8. The Morgan fingerprint density at radius 2 is 2.17 bits per heavy atom. The van der Waals surface area contributed by atoms with Crippen LogP contribution in [0.4, 0.5) is 5.82 Å². The van der Waals surface area contributed by atoms with E-state index in [4.69, 9.17) is 0 Å². The predicted molar refractivity (Wildman–Crippen MR) is 87.1 cm³/mol. The molecule has 1 heterocycles. The molecule has 1 N–H and O–H groups in total. The van der Waals surface area contributed by atoms with E-state index in [2.05, 4.69) is 44.8 Å². The minimum absolute atomic E-state index is 0.823. The molecule has 5 heteroatoms. The molecule has 3 nitrogen and oxygen atoms in total. The van der Waals surface area contributed by atoms with Crippen LogP contribution in [0.2, 0.25) is 0 Å². The molecule has 1 saturated carbocycles. The smallest absolute Gasteiger partial charge is 0.143 e. The van der Waals surface area contributed by atoms with Gasteiger partial charge < -0.3 is 5.32 Å². The van der Waals surface area contributed by atoms with Crippen LogP contribution in [0.5, 0.6) is 0 Å². The molecule has 1 aliphatic carbocycles. The van der Waals surface area contributed by atoms with Gasteiger partial charge in [-0.05, 0) is 42.4 Å². The fraction of sp³-hybridized carbons (Fsp3) is 0.692. The fourth-order valence-electron chi connectivity index (χ4n) is 2.19. The molecule has 18 heavy (non-hydrogen) atoms. The molecule has 1 fully saturated rings. The third kappa shape index (κ3) is 4.26.